The monoisotopic (exact) mass is 1010 g/mol. The summed E-state index contributed by atoms with van der Waals surface area (Å²) in [6.07, 6.45) is 41.8. The maximum atomic E-state index is 12.9. The molecule has 0 heterocycles. The first kappa shape index (κ1) is 66.4. The number of hydrogen-bond acceptors (Lipinski definition) is 11. The van der Waals surface area contributed by atoms with Crippen molar-refractivity contribution in [2.45, 2.75) is 333 Å². The first-order valence-electron chi connectivity index (χ1n) is 29.4. The lowest BCUT2D eigenvalue weighted by molar-refractivity contribution is -0.220. The SMILES string of the molecule is CCCCCCCCCCCCCCCCCCCCCCCCCCCCC(=O)O[C@H](COCCCCCCCCCCCCCCCCCC)COP(=O)(O)OC1C(O)C(O)C(O)[C@@H](O)C1O. The molecule has 0 saturated heterocycles. The van der Waals surface area contributed by atoms with E-state index >= 15 is 0 Å². The summed E-state index contributed by atoms with van der Waals surface area (Å²) in [5.74, 6) is -0.467. The highest BCUT2D eigenvalue weighted by molar-refractivity contribution is 7.47. The molecule has 0 aromatic carbocycles. The maximum absolute atomic E-state index is 12.9. The smallest absolute Gasteiger partial charge is 0.457 e. The van der Waals surface area contributed by atoms with Crippen molar-refractivity contribution in [1.29, 1.82) is 0 Å². The van der Waals surface area contributed by atoms with Gasteiger partial charge in [-0.05, 0) is 12.8 Å². The van der Waals surface area contributed by atoms with E-state index in [1.165, 1.54) is 225 Å². The number of phosphoric ester groups is 1. The van der Waals surface area contributed by atoms with Gasteiger partial charge >= 0.3 is 13.8 Å². The van der Waals surface area contributed by atoms with E-state index in [0.29, 0.717) is 13.0 Å². The van der Waals surface area contributed by atoms with E-state index in [9.17, 15) is 39.8 Å². The highest BCUT2D eigenvalue weighted by Crippen LogP contribution is 2.47. The summed E-state index contributed by atoms with van der Waals surface area (Å²) in [5, 5.41) is 50.4. The zero-order valence-electron chi connectivity index (χ0n) is 44.6. The lowest BCUT2D eigenvalue weighted by Crippen LogP contribution is -2.64. The Balaban J connectivity index is 2.22. The number of aliphatic hydroxyl groups is 5. The normalized spacial score (nSPS) is 20.9. The van der Waals surface area contributed by atoms with Gasteiger partial charge in [0, 0.05) is 13.0 Å². The van der Waals surface area contributed by atoms with E-state index in [4.69, 9.17) is 18.5 Å². The first-order chi connectivity index (χ1) is 33.5. The molecule has 0 aromatic heterocycles. The Morgan fingerprint density at radius 2 is 0.681 bits per heavy atom. The van der Waals surface area contributed by atoms with Gasteiger partial charge in [0.25, 0.3) is 0 Å². The molecule has 1 rings (SSSR count). The van der Waals surface area contributed by atoms with Gasteiger partial charge in [-0.2, -0.15) is 0 Å². The topological polar surface area (TPSA) is 192 Å². The molecule has 8 atom stereocenters. The summed E-state index contributed by atoms with van der Waals surface area (Å²) in [6.45, 7) is 4.34. The zero-order valence-corrected chi connectivity index (χ0v) is 45.5. The van der Waals surface area contributed by atoms with Crippen molar-refractivity contribution in [2.75, 3.05) is 19.8 Å². The number of aliphatic hydroxyl groups excluding tert-OH is 5. The Morgan fingerprint density at radius 3 is 1.00 bits per heavy atom. The van der Waals surface area contributed by atoms with Crippen LogP contribution in [0.1, 0.15) is 290 Å². The van der Waals surface area contributed by atoms with Crippen molar-refractivity contribution in [1.82, 2.24) is 0 Å². The van der Waals surface area contributed by atoms with E-state index in [0.717, 1.165) is 38.5 Å². The Labute approximate surface area is 423 Å². The third kappa shape index (κ3) is 38.6. The number of unbranched alkanes of at least 4 members (excludes halogenated alkanes) is 40. The van der Waals surface area contributed by atoms with Gasteiger partial charge in [-0.25, -0.2) is 4.57 Å². The third-order valence-corrected chi connectivity index (χ3v) is 15.2. The van der Waals surface area contributed by atoms with Crippen LogP contribution in [0.5, 0.6) is 0 Å². The van der Waals surface area contributed by atoms with Crippen LogP contribution in [0.3, 0.4) is 0 Å². The number of rotatable bonds is 52. The van der Waals surface area contributed by atoms with Gasteiger partial charge < -0.3 is 39.9 Å². The van der Waals surface area contributed by atoms with Crippen molar-refractivity contribution in [3.8, 4) is 0 Å². The Bertz CT molecular complexity index is 1150. The van der Waals surface area contributed by atoms with Crippen molar-refractivity contribution < 1.29 is 58.3 Å². The zero-order chi connectivity index (χ0) is 50.5. The van der Waals surface area contributed by atoms with Crippen LogP contribution in [0, 0.1) is 0 Å². The van der Waals surface area contributed by atoms with E-state index in [1.54, 1.807) is 0 Å². The number of hydrogen-bond donors (Lipinski definition) is 6. The molecule has 1 fully saturated rings. The second kappa shape index (κ2) is 47.1. The average Bonchev–Trinajstić information content (AvgIpc) is 3.34. The van der Waals surface area contributed by atoms with Gasteiger partial charge in [-0.1, -0.05) is 271 Å². The van der Waals surface area contributed by atoms with E-state index in [2.05, 4.69) is 13.8 Å². The summed E-state index contributed by atoms with van der Waals surface area (Å²) >= 11 is 0. The largest absolute Gasteiger partial charge is 0.472 e. The number of esters is 1. The molecule has 0 amide bonds. The summed E-state index contributed by atoms with van der Waals surface area (Å²) in [6, 6.07) is 0. The van der Waals surface area contributed by atoms with Crippen molar-refractivity contribution >= 4 is 13.8 Å². The molecule has 12 nitrogen and oxygen atoms in total. The minimum absolute atomic E-state index is 0.0672. The highest BCUT2D eigenvalue weighted by Gasteiger charge is 2.51. The molecule has 13 heteroatoms. The molecule has 0 aromatic rings. The lowest BCUT2D eigenvalue weighted by Gasteiger charge is -2.41. The fraction of sp³-hybridized carbons (Fsp3) is 0.982. The van der Waals surface area contributed by atoms with Crippen LogP contribution in [0.15, 0.2) is 0 Å². The molecule has 1 aliphatic rings. The molecule has 6 N–H and O–H groups in total. The summed E-state index contributed by atoms with van der Waals surface area (Å²) in [7, 11) is -5.02. The molecule has 0 radical (unpaired) electrons. The molecule has 1 saturated carbocycles. The predicted octanol–water partition coefficient (Wildman–Crippen LogP) is 14.0. The predicted molar refractivity (Wildman–Crippen MR) is 281 cm³/mol. The fourth-order valence-electron chi connectivity index (χ4n) is 9.60. The molecule has 0 bridgehead atoms. The van der Waals surface area contributed by atoms with Crippen LogP contribution < -0.4 is 0 Å². The summed E-state index contributed by atoms with van der Waals surface area (Å²) in [4.78, 5) is 23.3. The van der Waals surface area contributed by atoms with Crippen LogP contribution in [-0.4, -0.2) is 98.9 Å². The summed E-state index contributed by atoms with van der Waals surface area (Å²) < 4.78 is 34.4. The Morgan fingerprint density at radius 1 is 0.406 bits per heavy atom. The van der Waals surface area contributed by atoms with Crippen LogP contribution >= 0.6 is 7.82 Å². The minimum atomic E-state index is -5.02. The molecule has 69 heavy (non-hydrogen) atoms. The first-order valence-corrected chi connectivity index (χ1v) is 30.9. The molecular weight excluding hydrogens is 896 g/mol. The van der Waals surface area contributed by atoms with Crippen molar-refractivity contribution in [3.63, 3.8) is 0 Å². The van der Waals surface area contributed by atoms with Gasteiger partial charge in [-0.3, -0.25) is 13.8 Å². The number of ether oxygens (including phenoxy) is 2. The van der Waals surface area contributed by atoms with Gasteiger partial charge in [0.05, 0.1) is 13.2 Å². The molecule has 0 spiro atoms. The van der Waals surface area contributed by atoms with Crippen molar-refractivity contribution in [3.05, 3.63) is 0 Å². The van der Waals surface area contributed by atoms with E-state index < -0.39 is 63.1 Å². The molecule has 1 aliphatic carbocycles. The molecule has 6 unspecified atom stereocenters. The van der Waals surface area contributed by atoms with Crippen LogP contribution in [0.25, 0.3) is 0 Å². The molecule has 0 aliphatic heterocycles. The standard InChI is InChI=1S/C56H111O12P/c1-3-5-7-9-11-13-15-17-19-21-22-23-24-25-26-27-28-29-30-31-33-35-37-39-41-43-45-50(57)67-49(48-66-69(63,64)68-56-54(61)52(59)51(58)53(60)55(56)62)47-65-46-44-42-40-38-36-34-32-20-18-16-14-12-10-8-6-4-2/h49,51-56,58-62H,3-48H2,1-2H3,(H,63,64)/t49-,51?,52-,53?,54?,55?,56?/m1/s1. The van der Waals surface area contributed by atoms with Crippen LogP contribution in [-0.2, 0) is 27.9 Å². The van der Waals surface area contributed by atoms with Crippen LogP contribution in [0.2, 0.25) is 0 Å². The number of carbonyl (C=O) groups excluding carboxylic acids is 1. The van der Waals surface area contributed by atoms with Crippen LogP contribution in [0.4, 0.5) is 0 Å². The van der Waals surface area contributed by atoms with E-state index in [1.807, 2.05) is 0 Å². The summed E-state index contributed by atoms with van der Waals surface area (Å²) in [5.41, 5.74) is 0. The minimum Gasteiger partial charge on any atom is -0.457 e. The van der Waals surface area contributed by atoms with E-state index in [-0.39, 0.29) is 13.0 Å². The van der Waals surface area contributed by atoms with Gasteiger partial charge in [0.15, 0.2) is 0 Å². The van der Waals surface area contributed by atoms with Gasteiger partial charge in [-0.15, -0.1) is 0 Å². The van der Waals surface area contributed by atoms with Gasteiger partial charge in [0.2, 0.25) is 0 Å². The fourth-order valence-corrected chi connectivity index (χ4v) is 10.6. The highest BCUT2D eigenvalue weighted by atomic mass is 31.2. The van der Waals surface area contributed by atoms with Crippen molar-refractivity contribution in [2.24, 2.45) is 0 Å². The average molecular weight is 1010 g/mol. The lowest BCUT2D eigenvalue weighted by atomic mass is 9.85. The maximum Gasteiger partial charge on any atom is 0.472 e. The Kier molecular flexibility index (Phi) is 45.3. The Hall–Kier alpha value is -0.660. The third-order valence-electron chi connectivity index (χ3n) is 14.2. The second-order valence-corrected chi connectivity index (χ2v) is 22.3. The quantitative estimate of drug-likeness (QED) is 0.0192. The molecule has 412 valence electrons. The van der Waals surface area contributed by atoms with Gasteiger partial charge in [0.1, 0.15) is 42.7 Å². The second-order valence-electron chi connectivity index (χ2n) is 20.9. The number of phosphoric acid groups is 1. The molecular formula is C56H111O12P. The number of carbonyl (C=O) groups is 1.